The molecule has 1 aliphatic heterocycles. The molecule has 156 valence electrons. The molecule has 1 unspecified atom stereocenters. The number of aromatic nitrogens is 1. The highest BCUT2D eigenvalue weighted by Gasteiger charge is 2.61. The molecule has 4 fully saturated rings. The molecule has 5 nitrogen and oxygen atoms in total. The number of hydrogen-bond donors (Lipinski definition) is 2. The first-order valence-corrected chi connectivity index (χ1v) is 11.8. The number of rotatable bonds is 0. The van der Waals surface area contributed by atoms with Gasteiger partial charge in [-0.05, 0) is 104 Å². The van der Waals surface area contributed by atoms with Crippen molar-refractivity contribution >= 4 is 11.5 Å². The first kappa shape index (κ1) is 18.3. The van der Waals surface area contributed by atoms with Crippen LogP contribution in [-0.4, -0.2) is 21.9 Å². The van der Waals surface area contributed by atoms with E-state index in [1.54, 1.807) is 6.20 Å². The Labute approximate surface area is 173 Å². The summed E-state index contributed by atoms with van der Waals surface area (Å²) in [5.74, 6) is 3.79. The number of azo groups is 1. The molecular formula is C24H34N4O. The van der Waals surface area contributed by atoms with Crippen LogP contribution >= 0.6 is 0 Å². The second-order valence-electron chi connectivity index (χ2n) is 11.2. The first-order chi connectivity index (χ1) is 13.9. The lowest BCUT2D eigenvalue weighted by molar-refractivity contribution is -0.127. The summed E-state index contributed by atoms with van der Waals surface area (Å²) in [6.45, 7) is 4.97. The third-order valence-corrected chi connectivity index (χ3v) is 10.2. The van der Waals surface area contributed by atoms with Gasteiger partial charge in [-0.3, -0.25) is 0 Å². The standard InChI is InChI=1S/C24H34N4O/c1-22-11-12-24(26-19-4-3-13-25-21(19)27-28-24)14-15(22)5-6-16-17-7-8-20(29)23(17,2)10-9-18(16)22/h3-4,13,15-18,20,26,29H,5-12,14H2,1-2H3/t15-,16+,17+,18+,20+,22+,23+,24?/m1/s1. The van der Waals surface area contributed by atoms with Crippen LogP contribution in [0.5, 0.6) is 0 Å². The van der Waals surface area contributed by atoms with E-state index < -0.39 is 0 Å². The quantitative estimate of drug-likeness (QED) is 0.594. The Hall–Kier alpha value is -1.49. The maximum Gasteiger partial charge on any atom is 0.197 e. The summed E-state index contributed by atoms with van der Waals surface area (Å²) < 4.78 is 0. The van der Waals surface area contributed by atoms with E-state index in [2.05, 4.69) is 35.3 Å². The lowest BCUT2D eigenvalue weighted by atomic mass is 9.44. The smallest absolute Gasteiger partial charge is 0.197 e. The van der Waals surface area contributed by atoms with Crippen molar-refractivity contribution in [3.63, 3.8) is 0 Å². The van der Waals surface area contributed by atoms with Gasteiger partial charge in [0.05, 0.1) is 11.8 Å². The van der Waals surface area contributed by atoms with Gasteiger partial charge in [-0.1, -0.05) is 13.8 Å². The van der Waals surface area contributed by atoms with Gasteiger partial charge in [-0.2, -0.15) is 5.11 Å². The third kappa shape index (κ3) is 2.46. The SMILES string of the molecule is C[C@]12CCC3(C[C@H]1CC[C@@H]1[C@@H]2CC[C@]2(C)[C@@H](O)CC[C@@H]12)N=Nc1ncccc1N3. The normalized spacial score (nSPS) is 50.2. The molecule has 1 aromatic rings. The molecule has 0 bridgehead atoms. The van der Waals surface area contributed by atoms with Crippen molar-refractivity contribution in [2.24, 2.45) is 44.7 Å². The summed E-state index contributed by atoms with van der Waals surface area (Å²) in [5, 5.41) is 23.7. The highest BCUT2D eigenvalue weighted by molar-refractivity contribution is 5.62. The molecule has 4 saturated carbocycles. The van der Waals surface area contributed by atoms with Crippen molar-refractivity contribution in [2.45, 2.75) is 83.4 Å². The van der Waals surface area contributed by atoms with Gasteiger partial charge in [0.15, 0.2) is 11.5 Å². The monoisotopic (exact) mass is 394 g/mol. The summed E-state index contributed by atoms with van der Waals surface area (Å²) in [6, 6.07) is 4.06. The number of pyridine rings is 1. The predicted molar refractivity (Wildman–Crippen MR) is 113 cm³/mol. The molecule has 5 aliphatic rings. The van der Waals surface area contributed by atoms with Gasteiger partial charge in [0.25, 0.3) is 0 Å². The maximum atomic E-state index is 10.7. The van der Waals surface area contributed by atoms with Crippen molar-refractivity contribution in [2.75, 3.05) is 5.32 Å². The Balaban J connectivity index is 1.26. The largest absolute Gasteiger partial charge is 0.393 e. The van der Waals surface area contributed by atoms with Crippen LogP contribution in [0.2, 0.25) is 0 Å². The molecule has 29 heavy (non-hydrogen) atoms. The second kappa shape index (κ2) is 6.03. The molecule has 8 atom stereocenters. The fraction of sp³-hybridized carbons (Fsp3) is 0.792. The van der Waals surface area contributed by atoms with Crippen LogP contribution in [0, 0.1) is 34.5 Å². The Bertz CT molecular complexity index is 857. The van der Waals surface area contributed by atoms with E-state index in [1.807, 2.05) is 6.07 Å². The maximum absolute atomic E-state index is 10.7. The molecular weight excluding hydrogens is 360 g/mol. The highest BCUT2D eigenvalue weighted by atomic mass is 16.3. The van der Waals surface area contributed by atoms with E-state index in [0.717, 1.165) is 48.5 Å². The van der Waals surface area contributed by atoms with Gasteiger partial charge in [-0.25, -0.2) is 4.98 Å². The van der Waals surface area contributed by atoms with Gasteiger partial charge >= 0.3 is 0 Å². The minimum Gasteiger partial charge on any atom is -0.393 e. The fourth-order valence-corrected chi connectivity index (χ4v) is 8.42. The average Bonchev–Trinajstić information content (AvgIpc) is 3.03. The molecule has 1 aromatic heterocycles. The van der Waals surface area contributed by atoms with Crippen LogP contribution in [0.25, 0.3) is 0 Å². The first-order valence-electron chi connectivity index (χ1n) is 11.8. The Kier molecular flexibility index (Phi) is 3.80. The van der Waals surface area contributed by atoms with Crippen LogP contribution in [0.3, 0.4) is 0 Å². The molecule has 4 aliphatic carbocycles. The van der Waals surface area contributed by atoms with Crippen LogP contribution < -0.4 is 5.32 Å². The number of nitrogens with zero attached hydrogens (tertiary/aromatic N) is 3. The molecule has 2 heterocycles. The zero-order chi connectivity index (χ0) is 19.9. The second-order valence-corrected chi connectivity index (χ2v) is 11.2. The minimum absolute atomic E-state index is 0.0749. The van der Waals surface area contributed by atoms with Crippen molar-refractivity contribution in [1.29, 1.82) is 0 Å². The molecule has 0 saturated heterocycles. The molecule has 1 spiro atoms. The lowest BCUT2D eigenvalue weighted by Crippen LogP contribution is -2.57. The van der Waals surface area contributed by atoms with Crippen molar-refractivity contribution in [3.05, 3.63) is 18.3 Å². The molecule has 2 N–H and O–H groups in total. The molecule has 0 amide bonds. The molecule has 0 aromatic carbocycles. The minimum atomic E-state index is -0.236. The molecule has 0 radical (unpaired) electrons. The van der Waals surface area contributed by atoms with Gasteiger partial charge in [0.2, 0.25) is 0 Å². The molecule has 5 heteroatoms. The van der Waals surface area contributed by atoms with Crippen LogP contribution in [-0.2, 0) is 0 Å². The van der Waals surface area contributed by atoms with Gasteiger partial charge in [-0.15, -0.1) is 5.11 Å². The topological polar surface area (TPSA) is 69.9 Å². The van der Waals surface area contributed by atoms with E-state index >= 15 is 0 Å². The van der Waals surface area contributed by atoms with E-state index in [1.165, 1.54) is 38.5 Å². The van der Waals surface area contributed by atoms with Crippen molar-refractivity contribution < 1.29 is 5.11 Å². The number of nitrogens with one attached hydrogen (secondary N) is 1. The number of fused-ring (bicyclic) bond motifs is 6. The number of anilines is 1. The number of aliphatic hydroxyl groups is 1. The Morgan fingerprint density at radius 2 is 1.86 bits per heavy atom. The lowest BCUT2D eigenvalue weighted by Gasteiger charge is -2.62. The summed E-state index contributed by atoms with van der Waals surface area (Å²) in [4.78, 5) is 4.35. The van der Waals surface area contributed by atoms with Crippen LogP contribution in [0.1, 0.15) is 71.6 Å². The van der Waals surface area contributed by atoms with Gasteiger partial charge < -0.3 is 10.4 Å². The Morgan fingerprint density at radius 3 is 2.76 bits per heavy atom. The Morgan fingerprint density at radius 1 is 1.00 bits per heavy atom. The fourth-order valence-electron chi connectivity index (χ4n) is 8.42. The van der Waals surface area contributed by atoms with Crippen molar-refractivity contribution in [3.8, 4) is 0 Å². The predicted octanol–water partition coefficient (Wildman–Crippen LogP) is 5.69. The zero-order valence-corrected chi connectivity index (χ0v) is 17.8. The summed E-state index contributed by atoms with van der Waals surface area (Å²) in [5.41, 5.74) is 1.39. The van der Waals surface area contributed by atoms with Gasteiger partial charge in [0.1, 0.15) is 0 Å². The van der Waals surface area contributed by atoms with E-state index in [4.69, 9.17) is 5.11 Å². The number of aliphatic hydroxyl groups excluding tert-OH is 1. The highest BCUT2D eigenvalue weighted by Crippen LogP contribution is 2.67. The summed E-state index contributed by atoms with van der Waals surface area (Å²) in [6.07, 6.45) is 12.5. The zero-order valence-electron chi connectivity index (χ0n) is 17.8. The molecule has 6 rings (SSSR count). The summed E-state index contributed by atoms with van der Waals surface area (Å²) in [7, 11) is 0. The van der Waals surface area contributed by atoms with Crippen molar-refractivity contribution in [1.82, 2.24) is 4.98 Å². The average molecular weight is 395 g/mol. The van der Waals surface area contributed by atoms with Crippen LogP contribution in [0.4, 0.5) is 11.5 Å². The van der Waals surface area contributed by atoms with E-state index in [9.17, 15) is 5.11 Å². The van der Waals surface area contributed by atoms with Gasteiger partial charge in [0, 0.05) is 6.20 Å². The summed E-state index contributed by atoms with van der Waals surface area (Å²) >= 11 is 0. The van der Waals surface area contributed by atoms with Crippen LogP contribution in [0.15, 0.2) is 28.6 Å². The van der Waals surface area contributed by atoms with E-state index in [0.29, 0.717) is 11.3 Å². The third-order valence-electron chi connectivity index (χ3n) is 10.2. The number of hydrogen-bond acceptors (Lipinski definition) is 5. The van der Waals surface area contributed by atoms with E-state index in [-0.39, 0.29) is 17.2 Å².